The summed E-state index contributed by atoms with van der Waals surface area (Å²) in [6, 6.07) is 0. The average molecular weight is 224 g/mol. The summed E-state index contributed by atoms with van der Waals surface area (Å²) in [5, 5.41) is 5.50. The van der Waals surface area contributed by atoms with Crippen LogP contribution in [0.1, 0.15) is 12.8 Å². The van der Waals surface area contributed by atoms with Crippen molar-refractivity contribution in [3.63, 3.8) is 0 Å². The molecule has 0 aromatic rings. The van der Waals surface area contributed by atoms with Crippen molar-refractivity contribution in [2.75, 3.05) is 33.4 Å². The summed E-state index contributed by atoms with van der Waals surface area (Å²) >= 11 is 0. The Morgan fingerprint density at radius 2 is 2.13 bits per heavy atom. The minimum Gasteiger partial charge on any atom is -0.374 e. The molecule has 15 heavy (non-hydrogen) atoms. The fourth-order valence-electron chi connectivity index (χ4n) is 0.949. The van der Waals surface area contributed by atoms with Gasteiger partial charge in [-0.05, 0) is 20.0 Å². The molecule has 2 N–H and O–H groups in total. The fraction of sp³-hybridized carbons (Fsp3) is 0.889. The Bertz CT molecular complexity index is 168. The van der Waals surface area contributed by atoms with E-state index in [-0.39, 0.29) is 19.1 Å². The van der Waals surface area contributed by atoms with Gasteiger partial charge < -0.3 is 15.4 Å². The molecule has 0 saturated carbocycles. The molecule has 0 aliphatic rings. The molecule has 0 aliphatic heterocycles. The average Bonchev–Trinajstić information content (AvgIpc) is 2.17. The lowest BCUT2D eigenvalue weighted by Crippen LogP contribution is -2.28. The number of halogens is 2. The van der Waals surface area contributed by atoms with Crippen LogP contribution in [-0.4, -0.2) is 45.7 Å². The van der Waals surface area contributed by atoms with E-state index in [0.29, 0.717) is 6.42 Å². The predicted octanol–water partition coefficient (Wildman–Crippen LogP) is 0.384. The van der Waals surface area contributed by atoms with E-state index in [2.05, 4.69) is 15.4 Å². The number of alkyl halides is 2. The molecule has 4 nitrogen and oxygen atoms in total. The van der Waals surface area contributed by atoms with Gasteiger partial charge in [0.25, 0.3) is 6.43 Å². The summed E-state index contributed by atoms with van der Waals surface area (Å²) in [5.74, 6) is -0.0779. The van der Waals surface area contributed by atoms with Gasteiger partial charge >= 0.3 is 0 Å². The lowest BCUT2D eigenvalue weighted by atomic mass is 10.3. The van der Waals surface area contributed by atoms with Crippen LogP contribution in [0.15, 0.2) is 0 Å². The summed E-state index contributed by atoms with van der Waals surface area (Å²) in [4.78, 5) is 11.1. The Kier molecular flexibility index (Phi) is 9.30. The maximum atomic E-state index is 11.6. The highest BCUT2D eigenvalue weighted by atomic mass is 19.3. The first kappa shape index (κ1) is 14.2. The fourth-order valence-corrected chi connectivity index (χ4v) is 0.949. The van der Waals surface area contributed by atoms with Gasteiger partial charge in [0.05, 0.1) is 6.61 Å². The van der Waals surface area contributed by atoms with E-state index in [1.165, 1.54) is 0 Å². The van der Waals surface area contributed by atoms with Crippen LogP contribution >= 0.6 is 0 Å². The summed E-state index contributed by atoms with van der Waals surface area (Å²) in [5.41, 5.74) is 0. The van der Waals surface area contributed by atoms with Crippen LogP contribution in [0, 0.1) is 0 Å². The zero-order valence-corrected chi connectivity index (χ0v) is 8.89. The third kappa shape index (κ3) is 11.2. The van der Waals surface area contributed by atoms with Crippen molar-refractivity contribution in [1.82, 2.24) is 10.6 Å². The maximum absolute atomic E-state index is 11.6. The van der Waals surface area contributed by atoms with Gasteiger partial charge in [-0.2, -0.15) is 0 Å². The molecule has 0 bridgehead atoms. The molecule has 1 amide bonds. The molecule has 0 heterocycles. The van der Waals surface area contributed by atoms with E-state index in [4.69, 9.17) is 0 Å². The quantitative estimate of drug-likeness (QED) is 0.557. The molecule has 0 aromatic heterocycles. The second kappa shape index (κ2) is 9.79. The van der Waals surface area contributed by atoms with Crippen molar-refractivity contribution in [3.8, 4) is 0 Å². The maximum Gasteiger partial charge on any atom is 0.261 e. The summed E-state index contributed by atoms with van der Waals surface area (Å²) in [6.07, 6.45) is -1.24. The molecular formula is C9H18F2N2O2. The number of ether oxygens (including phenoxy) is 1. The van der Waals surface area contributed by atoms with Gasteiger partial charge in [-0.3, -0.25) is 4.79 Å². The zero-order chi connectivity index (χ0) is 11.5. The normalized spacial score (nSPS) is 10.7. The first-order valence-electron chi connectivity index (χ1n) is 4.94. The number of hydrogen-bond acceptors (Lipinski definition) is 3. The van der Waals surface area contributed by atoms with E-state index in [1.54, 1.807) is 0 Å². The van der Waals surface area contributed by atoms with E-state index in [0.717, 1.165) is 13.0 Å². The van der Waals surface area contributed by atoms with E-state index in [9.17, 15) is 13.6 Å². The number of carbonyl (C=O) groups is 1. The molecule has 0 aliphatic carbocycles. The second-order valence-corrected chi connectivity index (χ2v) is 3.02. The minimum atomic E-state index is -2.45. The Labute approximate surface area is 88.4 Å². The van der Waals surface area contributed by atoms with Crippen LogP contribution in [0.5, 0.6) is 0 Å². The highest BCUT2D eigenvalue weighted by Gasteiger charge is 2.02. The SMILES string of the molecule is CNCCCC(=O)NCCOCC(F)F. The van der Waals surface area contributed by atoms with Gasteiger partial charge in [0.2, 0.25) is 5.91 Å². The smallest absolute Gasteiger partial charge is 0.261 e. The van der Waals surface area contributed by atoms with Crippen molar-refractivity contribution < 1.29 is 18.3 Å². The van der Waals surface area contributed by atoms with Crippen LogP contribution in [0.3, 0.4) is 0 Å². The topological polar surface area (TPSA) is 50.4 Å². The molecule has 0 fully saturated rings. The summed E-state index contributed by atoms with van der Waals surface area (Å²) < 4.78 is 27.8. The first-order valence-corrected chi connectivity index (χ1v) is 4.94. The van der Waals surface area contributed by atoms with E-state index >= 15 is 0 Å². The molecule has 0 rings (SSSR count). The molecule has 90 valence electrons. The number of rotatable bonds is 9. The van der Waals surface area contributed by atoms with Gasteiger partial charge in [0.15, 0.2) is 0 Å². The monoisotopic (exact) mass is 224 g/mol. The Hall–Kier alpha value is -0.750. The van der Waals surface area contributed by atoms with Crippen LogP contribution < -0.4 is 10.6 Å². The minimum absolute atomic E-state index is 0.0779. The lowest BCUT2D eigenvalue weighted by molar-refractivity contribution is -0.121. The van der Waals surface area contributed by atoms with Crippen molar-refractivity contribution in [2.45, 2.75) is 19.3 Å². The van der Waals surface area contributed by atoms with Gasteiger partial charge in [0.1, 0.15) is 6.61 Å². The number of amides is 1. The van der Waals surface area contributed by atoms with Gasteiger partial charge in [0, 0.05) is 13.0 Å². The molecule has 0 radical (unpaired) electrons. The van der Waals surface area contributed by atoms with Gasteiger partial charge in [-0.15, -0.1) is 0 Å². The van der Waals surface area contributed by atoms with Crippen molar-refractivity contribution >= 4 is 5.91 Å². The van der Waals surface area contributed by atoms with Crippen LogP contribution in [0.25, 0.3) is 0 Å². The highest BCUT2D eigenvalue weighted by molar-refractivity contribution is 5.75. The predicted molar refractivity (Wildman–Crippen MR) is 53.0 cm³/mol. The van der Waals surface area contributed by atoms with Gasteiger partial charge in [-0.25, -0.2) is 8.78 Å². The molecule has 0 atom stereocenters. The van der Waals surface area contributed by atoms with Crippen molar-refractivity contribution in [3.05, 3.63) is 0 Å². The van der Waals surface area contributed by atoms with Crippen LogP contribution in [0.4, 0.5) is 8.78 Å². The number of hydrogen-bond donors (Lipinski definition) is 2. The van der Waals surface area contributed by atoms with Crippen LogP contribution in [0.2, 0.25) is 0 Å². The van der Waals surface area contributed by atoms with Crippen molar-refractivity contribution in [2.24, 2.45) is 0 Å². The summed E-state index contributed by atoms with van der Waals surface area (Å²) in [7, 11) is 1.82. The van der Waals surface area contributed by atoms with Crippen LogP contribution in [-0.2, 0) is 9.53 Å². The molecule has 0 saturated heterocycles. The Morgan fingerprint density at radius 1 is 1.40 bits per heavy atom. The second-order valence-electron chi connectivity index (χ2n) is 3.02. The van der Waals surface area contributed by atoms with Gasteiger partial charge in [-0.1, -0.05) is 0 Å². The largest absolute Gasteiger partial charge is 0.374 e. The standard InChI is InChI=1S/C9H18F2N2O2/c1-12-4-2-3-9(14)13-5-6-15-7-8(10)11/h8,12H,2-7H2,1H3,(H,13,14). The van der Waals surface area contributed by atoms with Crippen molar-refractivity contribution in [1.29, 1.82) is 0 Å². The molecule has 6 heteroatoms. The molecule has 0 spiro atoms. The Balaban J connectivity index is 3.17. The highest BCUT2D eigenvalue weighted by Crippen LogP contribution is 1.91. The van der Waals surface area contributed by atoms with E-state index < -0.39 is 13.0 Å². The summed E-state index contributed by atoms with van der Waals surface area (Å²) in [6.45, 7) is 0.623. The Morgan fingerprint density at radius 3 is 2.73 bits per heavy atom. The zero-order valence-electron chi connectivity index (χ0n) is 8.89. The lowest BCUT2D eigenvalue weighted by Gasteiger charge is -2.05. The van der Waals surface area contributed by atoms with E-state index in [1.807, 2.05) is 7.05 Å². The third-order valence-corrected chi connectivity index (χ3v) is 1.64. The molecule has 0 aromatic carbocycles. The molecular weight excluding hydrogens is 206 g/mol. The number of nitrogens with one attached hydrogen (secondary N) is 2. The third-order valence-electron chi connectivity index (χ3n) is 1.64. The molecule has 0 unspecified atom stereocenters. The number of carbonyl (C=O) groups excluding carboxylic acids is 1. The first-order chi connectivity index (χ1) is 7.16.